The third-order valence-electron chi connectivity index (χ3n) is 2.53. The van der Waals surface area contributed by atoms with Gasteiger partial charge in [-0.3, -0.25) is 4.79 Å². The third-order valence-corrected chi connectivity index (χ3v) is 2.53. The molecule has 0 saturated carbocycles. The zero-order valence-corrected chi connectivity index (χ0v) is 10.7. The van der Waals surface area contributed by atoms with Crippen molar-refractivity contribution >= 4 is 5.91 Å². The van der Waals surface area contributed by atoms with E-state index in [1.54, 1.807) is 4.90 Å². The highest BCUT2D eigenvalue weighted by atomic mass is 16.2. The maximum atomic E-state index is 11.9. The summed E-state index contributed by atoms with van der Waals surface area (Å²) < 4.78 is 0. The summed E-state index contributed by atoms with van der Waals surface area (Å²) in [5, 5.41) is 11.8. The second-order valence-electron chi connectivity index (χ2n) is 4.07. The molecule has 0 atom stereocenters. The van der Waals surface area contributed by atoms with Gasteiger partial charge in [0.25, 0.3) is 0 Å². The molecule has 0 spiro atoms. The first-order valence-corrected chi connectivity index (χ1v) is 6.17. The maximum Gasteiger partial charge on any atom is 0.237 e. The van der Waals surface area contributed by atoms with Crippen LogP contribution in [0.3, 0.4) is 0 Å². The third kappa shape index (κ3) is 4.98. The van der Waals surface area contributed by atoms with E-state index in [0.29, 0.717) is 13.1 Å². The van der Waals surface area contributed by atoms with Gasteiger partial charge in [-0.1, -0.05) is 37.3 Å². The van der Waals surface area contributed by atoms with Gasteiger partial charge in [-0.25, -0.2) is 0 Å². The summed E-state index contributed by atoms with van der Waals surface area (Å²) in [6.07, 6.45) is 0.990. The smallest absolute Gasteiger partial charge is 0.237 e. The second-order valence-corrected chi connectivity index (χ2v) is 4.07. The molecule has 0 heterocycles. The Morgan fingerprint density at radius 2 is 2.11 bits per heavy atom. The van der Waals surface area contributed by atoms with Gasteiger partial charge in [0, 0.05) is 6.54 Å². The summed E-state index contributed by atoms with van der Waals surface area (Å²) in [6, 6.07) is 11.7. The molecular weight excluding hydrogens is 226 g/mol. The summed E-state index contributed by atoms with van der Waals surface area (Å²) >= 11 is 0. The van der Waals surface area contributed by atoms with Gasteiger partial charge in [-0.2, -0.15) is 5.26 Å². The number of nitrogens with zero attached hydrogens (tertiary/aromatic N) is 2. The largest absolute Gasteiger partial charge is 0.324 e. The van der Waals surface area contributed by atoms with Crippen LogP contribution in [0.25, 0.3) is 0 Å². The lowest BCUT2D eigenvalue weighted by Gasteiger charge is -2.19. The van der Waals surface area contributed by atoms with Crippen LogP contribution in [0.2, 0.25) is 0 Å². The predicted molar refractivity (Wildman–Crippen MR) is 70.6 cm³/mol. The standard InChI is InChI=1S/C14H19N3O/c1-2-9-16-11-14(18)17(10-8-15)12-13-6-4-3-5-7-13/h3-7,16H,2,9-12H2,1H3. The molecule has 1 N–H and O–H groups in total. The first-order valence-electron chi connectivity index (χ1n) is 6.17. The Morgan fingerprint density at radius 1 is 1.39 bits per heavy atom. The van der Waals surface area contributed by atoms with Crippen LogP contribution in [0.1, 0.15) is 18.9 Å². The van der Waals surface area contributed by atoms with E-state index in [9.17, 15) is 4.79 Å². The molecule has 0 bridgehead atoms. The van der Waals surface area contributed by atoms with E-state index in [4.69, 9.17) is 5.26 Å². The van der Waals surface area contributed by atoms with Crippen molar-refractivity contribution in [2.24, 2.45) is 0 Å². The average Bonchev–Trinajstić information content (AvgIpc) is 2.39. The summed E-state index contributed by atoms with van der Waals surface area (Å²) in [6.45, 7) is 3.77. The molecule has 1 aromatic carbocycles. The minimum absolute atomic E-state index is 0.0335. The summed E-state index contributed by atoms with van der Waals surface area (Å²) in [7, 11) is 0. The monoisotopic (exact) mass is 245 g/mol. The Balaban J connectivity index is 2.54. The second kappa shape index (κ2) is 8.26. The summed E-state index contributed by atoms with van der Waals surface area (Å²) in [5.41, 5.74) is 1.04. The molecule has 4 nitrogen and oxygen atoms in total. The van der Waals surface area contributed by atoms with Gasteiger partial charge in [0.1, 0.15) is 6.54 Å². The number of rotatable bonds is 7. The molecule has 0 aliphatic carbocycles. The lowest BCUT2D eigenvalue weighted by molar-refractivity contribution is -0.130. The summed E-state index contributed by atoms with van der Waals surface area (Å²) in [4.78, 5) is 13.5. The molecule has 0 unspecified atom stereocenters. The van der Waals surface area contributed by atoms with Gasteiger partial charge >= 0.3 is 0 Å². The molecule has 0 aromatic heterocycles. The van der Waals surface area contributed by atoms with Gasteiger partial charge in [-0.05, 0) is 18.5 Å². The highest BCUT2D eigenvalue weighted by Gasteiger charge is 2.12. The molecule has 0 aliphatic heterocycles. The first-order chi connectivity index (χ1) is 8.77. The molecule has 0 saturated heterocycles. The van der Waals surface area contributed by atoms with Crippen LogP contribution >= 0.6 is 0 Å². The number of carbonyl (C=O) groups is 1. The van der Waals surface area contributed by atoms with E-state index in [1.165, 1.54) is 0 Å². The van der Waals surface area contributed by atoms with Crippen molar-refractivity contribution in [2.75, 3.05) is 19.6 Å². The Kier molecular flexibility index (Phi) is 6.52. The molecule has 1 amide bonds. The molecule has 18 heavy (non-hydrogen) atoms. The van der Waals surface area contributed by atoms with Crippen LogP contribution < -0.4 is 5.32 Å². The van der Waals surface area contributed by atoms with Crippen molar-refractivity contribution in [2.45, 2.75) is 19.9 Å². The number of benzene rings is 1. The van der Waals surface area contributed by atoms with Crippen molar-refractivity contribution < 1.29 is 4.79 Å². The zero-order chi connectivity index (χ0) is 13.2. The van der Waals surface area contributed by atoms with Crippen LogP contribution in [0.15, 0.2) is 30.3 Å². The number of carbonyl (C=O) groups excluding carboxylic acids is 1. The maximum absolute atomic E-state index is 11.9. The fourth-order valence-electron chi connectivity index (χ4n) is 1.61. The topological polar surface area (TPSA) is 56.1 Å². The van der Waals surface area contributed by atoms with E-state index in [-0.39, 0.29) is 12.5 Å². The van der Waals surface area contributed by atoms with Gasteiger partial charge in [0.05, 0.1) is 12.6 Å². The zero-order valence-electron chi connectivity index (χ0n) is 10.7. The Bertz CT molecular complexity index is 397. The molecule has 1 aromatic rings. The number of nitriles is 1. The van der Waals surface area contributed by atoms with Gasteiger partial charge < -0.3 is 10.2 Å². The number of hydrogen-bond acceptors (Lipinski definition) is 3. The van der Waals surface area contributed by atoms with Crippen LogP contribution in [0, 0.1) is 11.3 Å². The predicted octanol–water partition coefficient (Wildman–Crippen LogP) is 1.54. The van der Waals surface area contributed by atoms with Crippen molar-refractivity contribution in [1.29, 1.82) is 5.26 Å². The number of amides is 1. The van der Waals surface area contributed by atoms with E-state index < -0.39 is 0 Å². The number of hydrogen-bond donors (Lipinski definition) is 1. The van der Waals surface area contributed by atoms with Crippen molar-refractivity contribution in [3.8, 4) is 6.07 Å². The lowest BCUT2D eigenvalue weighted by Crippen LogP contribution is -2.38. The molecule has 0 fully saturated rings. The molecule has 0 aliphatic rings. The lowest BCUT2D eigenvalue weighted by atomic mass is 10.2. The molecule has 96 valence electrons. The highest BCUT2D eigenvalue weighted by molar-refractivity contribution is 5.78. The van der Waals surface area contributed by atoms with Crippen LogP contribution in [-0.2, 0) is 11.3 Å². The normalized spacial score (nSPS) is 9.78. The fraction of sp³-hybridized carbons (Fsp3) is 0.429. The highest BCUT2D eigenvalue weighted by Crippen LogP contribution is 2.04. The van der Waals surface area contributed by atoms with Crippen LogP contribution in [0.5, 0.6) is 0 Å². The Labute approximate surface area is 108 Å². The number of nitrogens with one attached hydrogen (secondary N) is 1. The Morgan fingerprint density at radius 3 is 2.72 bits per heavy atom. The minimum atomic E-state index is -0.0335. The average molecular weight is 245 g/mol. The van der Waals surface area contributed by atoms with E-state index in [2.05, 4.69) is 12.2 Å². The molecular formula is C14H19N3O. The van der Waals surface area contributed by atoms with Gasteiger partial charge in [-0.15, -0.1) is 0 Å². The molecule has 0 radical (unpaired) electrons. The van der Waals surface area contributed by atoms with E-state index in [1.807, 2.05) is 36.4 Å². The molecule has 4 heteroatoms. The van der Waals surface area contributed by atoms with E-state index >= 15 is 0 Å². The van der Waals surface area contributed by atoms with Crippen LogP contribution in [0.4, 0.5) is 0 Å². The first kappa shape index (κ1) is 14.2. The van der Waals surface area contributed by atoms with Crippen molar-refractivity contribution in [3.05, 3.63) is 35.9 Å². The van der Waals surface area contributed by atoms with E-state index in [0.717, 1.165) is 18.5 Å². The minimum Gasteiger partial charge on any atom is -0.324 e. The van der Waals surface area contributed by atoms with Crippen LogP contribution in [-0.4, -0.2) is 30.4 Å². The fourth-order valence-corrected chi connectivity index (χ4v) is 1.61. The van der Waals surface area contributed by atoms with Crippen molar-refractivity contribution in [3.63, 3.8) is 0 Å². The van der Waals surface area contributed by atoms with Crippen molar-refractivity contribution in [1.82, 2.24) is 10.2 Å². The SMILES string of the molecule is CCCNCC(=O)N(CC#N)Cc1ccccc1. The molecule has 1 rings (SSSR count). The van der Waals surface area contributed by atoms with Gasteiger partial charge in [0.2, 0.25) is 5.91 Å². The van der Waals surface area contributed by atoms with Gasteiger partial charge in [0.15, 0.2) is 0 Å². The quantitative estimate of drug-likeness (QED) is 0.585. The Hall–Kier alpha value is -1.86. The summed E-state index contributed by atoms with van der Waals surface area (Å²) in [5.74, 6) is -0.0335.